The summed E-state index contributed by atoms with van der Waals surface area (Å²) in [5.74, 6) is 3.31. The van der Waals surface area contributed by atoms with Gasteiger partial charge in [-0.3, -0.25) is 0 Å². The molecule has 1 saturated carbocycles. The van der Waals surface area contributed by atoms with Crippen LogP contribution in [0.1, 0.15) is 32.6 Å². The number of hydrogen-bond acceptors (Lipinski definition) is 1. The van der Waals surface area contributed by atoms with Crippen LogP contribution in [0.25, 0.3) is 0 Å². The Labute approximate surface area is 80.9 Å². The number of aliphatic hydroxyl groups is 1. The van der Waals surface area contributed by atoms with Crippen molar-refractivity contribution < 1.29 is 5.11 Å². The zero-order valence-corrected chi connectivity index (χ0v) is 8.24. The zero-order valence-electron chi connectivity index (χ0n) is 8.24. The summed E-state index contributed by atoms with van der Waals surface area (Å²) in [6.07, 6.45) is 13.3. The van der Waals surface area contributed by atoms with Gasteiger partial charge in [-0.2, -0.15) is 0 Å². The lowest BCUT2D eigenvalue weighted by atomic mass is 9.78. The summed E-state index contributed by atoms with van der Waals surface area (Å²) in [6, 6.07) is 0. The summed E-state index contributed by atoms with van der Waals surface area (Å²) >= 11 is 0. The average Bonchev–Trinajstić information content (AvgIpc) is 2.15. The minimum Gasteiger partial charge on any atom is -0.393 e. The molecule has 0 bridgehead atoms. The van der Waals surface area contributed by atoms with Crippen LogP contribution in [0.3, 0.4) is 0 Å². The predicted molar refractivity (Wildman–Crippen MR) is 55.1 cm³/mol. The first-order valence-electron chi connectivity index (χ1n) is 5.06. The second kappa shape index (κ2) is 5.09. The number of hydrogen-bond donors (Lipinski definition) is 1. The maximum absolute atomic E-state index is 9.75. The molecule has 13 heavy (non-hydrogen) atoms. The van der Waals surface area contributed by atoms with Crippen molar-refractivity contribution in [2.24, 2.45) is 11.8 Å². The van der Waals surface area contributed by atoms with Gasteiger partial charge in [0.05, 0.1) is 6.10 Å². The topological polar surface area (TPSA) is 20.2 Å². The lowest BCUT2D eigenvalue weighted by Gasteiger charge is -2.30. The van der Waals surface area contributed by atoms with Gasteiger partial charge >= 0.3 is 0 Å². The van der Waals surface area contributed by atoms with Crippen molar-refractivity contribution in [1.82, 2.24) is 0 Å². The fraction of sp³-hybridized carbons (Fsp3) is 0.667. The molecule has 1 rings (SSSR count). The molecule has 0 aromatic heterocycles. The average molecular weight is 178 g/mol. The second-order valence-corrected chi connectivity index (χ2v) is 3.90. The fourth-order valence-corrected chi connectivity index (χ4v) is 2.10. The molecule has 1 aliphatic carbocycles. The van der Waals surface area contributed by atoms with Crippen LogP contribution < -0.4 is 0 Å². The molecule has 0 aliphatic heterocycles. The van der Waals surface area contributed by atoms with Crippen LogP contribution >= 0.6 is 0 Å². The van der Waals surface area contributed by atoms with Crippen LogP contribution in [-0.4, -0.2) is 11.2 Å². The van der Waals surface area contributed by atoms with Gasteiger partial charge in [-0.15, -0.1) is 6.42 Å². The smallest absolute Gasteiger partial charge is 0.0573 e. The molecular formula is C12H18O. The van der Waals surface area contributed by atoms with Gasteiger partial charge in [0, 0.05) is 0 Å². The van der Waals surface area contributed by atoms with Gasteiger partial charge in [-0.25, -0.2) is 0 Å². The Hall–Kier alpha value is -0.740. The number of aliphatic hydroxyl groups excluding tert-OH is 1. The molecular weight excluding hydrogens is 160 g/mol. The van der Waals surface area contributed by atoms with E-state index in [1.807, 2.05) is 6.08 Å². The fourth-order valence-electron chi connectivity index (χ4n) is 2.10. The molecule has 3 atom stereocenters. The normalized spacial score (nSPS) is 31.5. The van der Waals surface area contributed by atoms with Crippen molar-refractivity contribution in [1.29, 1.82) is 0 Å². The second-order valence-electron chi connectivity index (χ2n) is 3.90. The van der Waals surface area contributed by atoms with E-state index in [0.717, 1.165) is 12.8 Å². The summed E-state index contributed by atoms with van der Waals surface area (Å²) < 4.78 is 0. The number of rotatable bonds is 2. The van der Waals surface area contributed by atoms with Crippen LogP contribution in [0.4, 0.5) is 0 Å². The monoisotopic (exact) mass is 178 g/mol. The highest BCUT2D eigenvalue weighted by molar-refractivity contribution is 5.10. The predicted octanol–water partition coefficient (Wildman–Crippen LogP) is 2.36. The van der Waals surface area contributed by atoms with E-state index in [1.165, 1.54) is 12.8 Å². The van der Waals surface area contributed by atoms with Gasteiger partial charge in [0.15, 0.2) is 0 Å². The van der Waals surface area contributed by atoms with Crippen molar-refractivity contribution in [2.45, 2.75) is 38.7 Å². The standard InChI is InChI=1S/C12H18O/c1-3-4-7-10(2)11-8-5-6-9-12(11)13/h1,4,7,10-13H,5-6,8-9H2,2H3/b7-4+. The van der Waals surface area contributed by atoms with Gasteiger partial charge in [-0.1, -0.05) is 31.8 Å². The molecule has 0 heterocycles. The zero-order chi connectivity index (χ0) is 9.68. The van der Waals surface area contributed by atoms with E-state index < -0.39 is 0 Å². The molecule has 3 unspecified atom stereocenters. The summed E-state index contributed by atoms with van der Waals surface area (Å²) in [5.41, 5.74) is 0. The van der Waals surface area contributed by atoms with Crippen LogP contribution in [0.15, 0.2) is 12.2 Å². The van der Waals surface area contributed by atoms with E-state index in [-0.39, 0.29) is 6.10 Å². The lowest BCUT2D eigenvalue weighted by Crippen LogP contribution is -2.28. The van der Waals surface area contributed by atoms with E-state index in [2.05, 4.69) is 12.8 Å². The maximum Gasteiger partial charge on any atom is 0.0573 e. The Balaban J connectivity index is 2.49. The maximum atomic E-state index is 9.75. The molecule has 0 saturated heterocycles. The Morgan fingerprint density at radius 1 is 1.46 bits per heavy atom. The van der Waals surface area contributed by atoms with Crippen molar-refractivity contribution in [3.8, 4) is 12.3 Å². The highest BCUT2D eigenvalue weighted by Gasteiger charge is 2.26. The van der Waals surface area contributed by atoms with Gasteiger partial charge in [0.25, 0.3) is 0 Å². The molecule has 1 N–H and O–H groups in total. The summed E-state index contributed by atoms with van der Waals surface area (Å²) in [6.45, 7) is 2.13. The van der Waals surface area contributed by atoms with E-state index in [9.17, 15) is 5.11 Å². The minimum absolute atomic E-state index is 0.119. The van der Waals surface area contributed by atoms with E-state index >= 15 is 0 Å². The van der Waals surface area contributed by atoms with Crippen molar-refractivity contribution >= 4 is 0 Å². The van der Waals surface area contributed by atoms with Crippen LogP contribution in [0.2, 0.25) is 0 Å². The van der Waals surface area contributed by atoms with E-state index in [4.69, 9.17) is 6.42 Å². The Morgan fingerprint density at radius 2 is 2.15 bits per heavy atom. The molecule has 0 aromatic carbocycles. The van der Waals surface area contributed by atoms with E-state index in [0.29, 0.717) is 11.8 Å². The Morgan fingerprint density at radius 3 is 2.77 bits per heavy atom. The molecule has 0 radical (unpaired) electrons. The molecule has 1 aliphatic rings. The molecule has 1 heteroatoms. The first-order chi connectivity index (χ1) is 6.25. The number of terminal acetylenes is 1. The summed E-state index contributed by atoms with van der Waals surface area (Å²) in [5, 5.41) is 9.75. The Bertz CT molecular complexity index is 212. The highest BCUT2D eigenvalue weighted by atomic mass is 16.3. The van der Waals surface area contributed by atoms with Crippen LogP contribution in [0, 0.1) is 24.2 Å². The minimum atomic E-state index is -0.119. The van der Waals surface area contributed by atoms with Crippen LogP contribution in [-0.2, 0) is 0 Å². The molecule has 72 valence electrons. The molecule has 0 amide bonds. The lowest BCUT2D eigenvalue weighted by molar-refractivity contribution is 0.0518. The SMILES string of the molecule is C#C/C=C/C(C)C1CCCCC1O. The van der Waals surface area contributed by atoms with Gasteiger partial charge in [0.1, 0.15) is 0 Å². The number of allylic oxidation sites excluding steroid dienone is 2. The van der Waals surface area contributed by atoms with Gasteiger partial charge in [0.2, 0.25) is 0 Å². The molecule has 0 spiro atoms. The molecule has 0 aromatic rings. The third-order valence-electron chi connectivity index (χ3n) is 2.95. The first kappa shape index (κ1) is 10.3. The molecule has 1 nitrogen and oxygen atoms in total. The van der Waals surface area contributed by atoms with Crippen LogP contribution in [0.5, 0.6) is 0 Å². The quantitative estimate of drug-likeness (QED) is 0.644. The summed E-state index contributed by atoms with van der Waals surface area (Å²) in [7, 11) is 0. The first-order valence-corrected chi connectivity index (χ1v) is 5.06. The summed E-state index contributed by atoms with van der Waals surface area (Å²) in [4.78, 5) is 0. The highest BCUT2D eigenvalue weighted by Crippen LogP contribution is 2.30. The van der Waals surface area contributed by atoms with Crippen molar-refractivity contribution in [3.63, 3.8) is 0 Å². The Kier molecular flexibility index (Phi) is 4.05. The van der Waals surface area contributed by atoms with Gasteiger partial charge in [-0.05, 0) is 30.8 Å². The third kappa shape index (κ3) is 2.90. The van der Waals surface area contributed by atoms with Gasteiger partial charge < -0.3 is 5.11 Å². The van der Waals surface area contributed by atoms with Crippen molar-refractivity contribution in [3.05, 3.63) is 12.2 Å². The molecule has 1 fully saturated rings. The largest absolute Gasteiger partial charge is 0.393 e. The van der Waals surface area contributed by atoms with E-state index in [1.54, 1.807) is 6.08 Å². The third-order valence-corrected chi connectivity index (χ3v) is 2.95. The van der Waals surface area contributed by atoms with Crippen molar-refractivity contribution in [2.75, 3.05) is 0 Å².